The van der Waals surface area contributed by atoms with Gasteiger partial charge in [-0.05, 0) is 100.0 Å². The van der Waals surface area contributed by atoms with Crippen LogP contribution in [0.1, 0.15) is 49.4 Å². The predicted octanol–water partition coefficient (Wildman–Crippen LogP) is 7.48. The summed E-state index contributed by atoms with van der Waals surface area (Å²) in [4.78, 5) is 20.0. The molecule has 0 saturated carbocycles. The zero-order chi connectivity index (χ0) is 29.6. The van der Waals surface area contributed by atoms with Crippen molar-refractivity contribution in [1.82, 2.24) is 15.4 Å². The molecule has 2 N–H and O–H groups in total. The molecule has 6 nitrogen and oxygen atoms in total. The number of benzene rings is 2. The molecular weight excluding hydrogens is 582 g/mol. The lowest BCUT2D eigenvalue weighted by atomic mass is 9.73. The Morgan fingerprint density at radius 1 is 1.22 bits per heavy atom. The molecule has 2 heterocycles. The second kappa shape index (κ2) is 13.6. The summed E-state index contributed by atoms with van der Waals surface area (Å²) < 4.78 is 59.2. The van der Waals surface area contributed by atoms with Gasteiger partial charge in [-0.15, -0.1) is 11.8 Å². The van der Waals surface area contributed by atoms with Crippen LogP contribution >= 0.6 is 23.4 Å². The molecule has 1 unspecified atom stereocenters. The summed E-state index contributed by atoms with van der Waals surface area (Å²) >= 11 is 7.86. The van der Waals surface area contributed by atoms with Crippen LogP contribution in [0.4, 0.5) is 17.6 Å². The average molecular weight is 614 g/mol. The van der Waals surface area contributed by atoms with E-state index in [0.29, 0.717) is 48.1 Å². The molecule has 1 aliphatic rings. The quantitative estimate of drug-likeness (QED) is 0.0768. The third kappa shape index (κ3) is 7.63. The summed E-state index contributed by atoms with van der Waals surface area (Å²) in [5.74, 6) is 0.768. The molecule has 0 bridgehead atoms. The van der Waals surface area contributed by atoms with E-state index in [1.807, 2.05) is 0 Å². The number of carbonyl (C=O) groups excluding carboxylic acids is 1. The SMILES string of the molecule is COc1ccc2ncc(Cl)c(C(F)CCC3(C(=O)NO)CCN(CCCSc4ccc(C(F)(F)F)cc4)CC3)c2c1. The van der Waals surface area contributed by atoms with Gasteiger partial charge in [-0.2, -0.15) is 13.2 Å². The Bertz CT molecular complexity index is 1340. The number of nitrogens with zero attached hydrogens (tertiary/aromatic N) is 2. The molecule has 0 aliphatic carbocycles. The maximum absolute atomic E-state index is 15.7. The highest BCUT2D eigenvalue weighted by atomic mass is 35.5. The monoisotopic (exact) mass is 613 g/mol. The van der Waals surface area contributed by atoms with E-state index >= 15 is 4.39 Å². The van der Waals surface area contributed by atoms with Crippen LogP contribution in [-0.4, -0.2) is 53.5 Å². The van der Waals surface area contributed by atoms with Gasteiger partial charge in [0.1, 0.15) is 11.9 Å². The van der Waals surface area contributed by atoms with Gasteiger partial charge in [-0.3, -0.25) is 15.0 Å². The highest BCUT2D eigenvalue weighted by molar-refractivity contribution is 7.99. The van der Waals surface area contributed by atoms with Gasteiger partial charge in [0.05, 0.1) is 28.6 Å². The number of fused-ring (bicyclic) bond motifs is 1. The summed E-state index contributed by atoms with van der Waals surface area (Å²) in [6, 6.07) is 10.3. The van der Waals surface area contributed by atoms with Gasteiger partial charge in [0.15, 0.2) is 0 Å². The summed E-state index contributed by atoms with van der Waals surface area (Å²) in [7, 11) is 1.52. The molecule has 3 aromatic rings. The van der Waals surface area contributed by atoms with Gasteiger partial charge in [-0.1, -0.05) is 11.6 Å². The Morgan fingerprint density at radius 2 is 1.93 bits per heavy atom. The highest BCUT2D eigenvalue weighted by Gasteiger charge is 2.41. The van der Waals surface area contributed by atoms with E-state index in [1.165, 1.54) is 37.2 Å². The normalized spacial score (nSPS) is 16.5. The molecule has 4 rings (SSSR count). The van der Waals surface area contributed by atoms with E-state index < -0.39 is 29.2 Å². The van der Waals surface area contributed by atoms with Crippen LogP contribution in [0, 0.1) is 5.41 Å². The number of hydrogen-bond acceptors (Lipinski definition) is 6. The number of carbonyl (C=O) groups is 1. The number of halogens is 5. The standard InChI is InChI=1S/C29H32ClF4N3O3S/c1-40-20-5-8-25-22(17-20)26(23(30)18-35-25)24(31)9-10-28(27(38)36-39)11-14-37(15-12-28)13-2-16-41-21-6-3-19(4-7-21)29(32,33)34/h3-8,17-18,24,39H,2,9-16H2,1H3,(H,36,38). The lowest BCUT2D eigenvalue weighted by Gasteiger charge is -2.40. The zero-order valence-corrected chi connectivity index (χ0v) is 24.1. The summed E-state index contributed by atoms with van der Waals surface area (Å²) in [5.41, 5.74) is 1.09. The first-order chi connectivity index (χ1) is 19.6. The van der Waals surface area contributed by atoms with E-state index in [0.717, 1.165) is 35.7 Å². The van der Waals surface area contributed by atoms with E-state index in [9.17, 15) is 23.2 Å². The van der Waals surface area contributed by atoms with Crippen molar-refractivity contribution in [2.24, 2.45) is 5.41 Å². The van der Waals surface area contributed by atoms with Crippen molar-refractivity contribution in [3.8, 4) is 5.75 Å². The van der Waals surface area contributed by atoms with Gasteiger partial charge in [-0.25, -0.2) is 9.87 Å². The van der Waals surface area contributed by atoms with Crippen molar-refractivity contribution in [1.29, 1.82) is 0 Å². The number of piperidine rings is 1. The van der Waals surface area contributed by atoms with Gasteiger partial charge in [0.2, 0.25) is 5.91 Å². The molecule has 1 aromatic heterocycles. The van der Waals surface area contributed by atoms with E-state index in [4.69, 9.17) is 16.3 Å². The Labute approximate surface area is 245 Å². The lowest BCUT2D eigenvalue weighted by molar-refractivity contribution is -0.143. The van der Waals surface area contributed by atoms with Crippen molar-refractivity contribution >= 4 is 40.2 Å². The molecule has 1 aliphatic heterocycles. The second-order valence-electron chi connectivity index (χ2n) is 10.2. The van der Waals surface area contributed by atoms with Crippen LogP contribution in [0.25, 0.3) is 10.9 Å². The van der Waals surface area contributed by atoms with Gasteiger partial charge in [0.25, 0.3) is 0 Å². The number of nitrogens with one attached hydrogen (secondary N) is 1. The summed E-state index contributed by atoms with van der Waals surface area (Å²) in [6.07, 6.45) is -2.40. The fourth-order valence-corrected chi connectivity index (χ4v) is 6.40. The zero-order valence-electron chi connectivity index (χ0n) is 22.5. The lowest BCUT2D eigenvalue weighted by Crippen LogP contribution is -2.48. The largest absolute Gasteiger partial charge is 0.497 e. The van der Waals surface area contributed by atoms with Crippen molar-refractivity contribution in [2.45, 2.75) is 49.3 Å². The average Bonchev–Trinajstić information content (AvgIpc) is 2.97. The number of hydroxylamine groups is 1. The van der Waals surface area contributed by atoms with Crippen molar-refractivity contribution < 1.29 is 32.3 Å². The minimum atomic E-state index is -4.35. The van der Waals surface area contributed by atoms with E-state index in [2.05, 4.69) is 9.88 Å². The molecule has 41 heavy (non-hydrogen) atoms. The van der Waals surface area contributed by atoms with Crippen LogP contribution < -0.4 is 10.2 Å². The van der Waals surface area contributed by atoms with Crippen LogP contribution in [0.2, 0.25) is 5.02 Å². The van der Waals surface area contributed by atoms with Crippen LogP contribution in [0.3, 0.4) is 0 Å². The maximum Gasteiger partial charge on any atom is 0.416 e. The van der Waals surface area contributed by atoms with Crippen molar-refractivity contribution in [3.63, 3.8) is 0 Å². The Morgan fingerprint density at radius 3 is 2.56 bits per heavy atom. The molecule has 1 saturated heterocycles. The number of amides is 1. The molecule has 12 heteroatoms. The number of likely N-dealkylation sites (tertiary alicyclic amines) is 1. The minimum absolute atomic E-state index is 0.0350. The number of rotatable bonds is 11. The minimum Gasteiger partial charge on any atom is -0.497 e. The molecule has 1 amide bonds. The maximum atomic E-state index is 15.7. The van der Waals surface area contributed by atoms with E-state index in [-0.39, 0.29) is 17.9 Å². The number of hydrogen-bond donors (Lipinski definition) is 2. The Hall–Kier alpha value is -2.60. The van der Waals surface area contributed by atoms with Crippen molar-refractivity contribution in [2.75, 3.05) is 32.5 Å². The van der Waals surface area contributed by atoms with E-state index in [1.54, 1.807) is 23.7 Å². The third-order valence-electron chi connectivity index (χ3n) is 7.72. The topological polar surface area (TPSA) is 74.7 Å². The number of thioether (sulfide) groups is 1. The van der Waals surface area contributed by atoms with Gasteiger partial charge < -0.3 is 9.64 Å². The first-order valence-electron chi connectivity index (χ1n) is 13.3. The summed E-state index contributed by atoms with van der Waals surface area (Å²) in [6.45, 7) is 1.97. The van der Waals surface area contributed by atoms with Crippen molar-refractivity contribution in [3.05, 3.63) is 64.8 Å². The molecule has 1 fully saturated rings. The fourth-order valence-electron chi connectivity index (χ4n) is 5.29. The molecule has 0 spiro atoms. The first-order valence-corrected chi connectivity index (χ1v) is 14.7. The molecule has 2 aromatic carbocycles. The Balaban J connectivity index is 1.32. The number of ether oxygens (including phenoxy) is 1. The van der Waals surface area contributed by atoms with Gasteiger partial charge >= 0.3 is 6.18 Å². The molecule has 222 valence electrons. The molecule has 0 radical (unpaired) electrons. The van der Waals surface area contributed by atoms with Crippen LogP contribution in [-0.2, 0) is 11.0 Å². The number of aromatic nitrogens is 1. The highest BCUT2D eigenvalue weighted by Crippen LogP contribution is 2.42. The second-order valence-corrected chi connectivity index (χ2v) is 11.8. The fraction of sp³-hybridized carbons (Fsp3) is 0.448. The third-order valence-corrected chi connectivity index (χ3v) is 9.12. The van der Waals surface area contributed by atoms with Gasteiger partial charge in [0, 0.05) is 22.0 Å². The summed E-state index contributed by atoms with van der Waals surface area (Å²) in [5, 5.41) is 10.2. The molecule has 1 atom stereocenters. The molecular formula is C29H32ClF4N3O3S. The smallest absolute Gasteiger partial charge is 0.416 e. The van der Waals surface area contributed by atoms with Crippen LogP contribution in [0.15, 0.2) is 53.6 Å². The Kier molecular flexibility index (Phi) is 10.4. The number of pyridine rings is 1. The van der Waals surface area contributed by atoms with Crippen LogP contribution in [0.5, 0.6) is 5.75 Å². The first kappa shape index (κ1) is 31.3. The number of methoxy groups -OCH3 is 1. The predicted molar refractivity (Wildman–Crippen MR) is 151 cm³/mol. The number of alkyl halides is 4.